The largest absolute Gasteiger partial charge is 0.444 e. The van der Waals surface area contributed by atoms with Crippen molar-refractivity contribution in [1.82, 2.24) is 10.2 Å². The molecule has 0 radical (unpaired) electrons. The molecule has 2 atom stereocenters. The number of primary amides is 1. The van der Waals surface area contributed by atoms with E-state index in [2.05, 4.69) is 10.6 Å². The molecule has 10 heteroatoms. The minimum Gasteiger partial charge on any atom is -0.444 e. The fourth-order valence-corrected chi connectivity index (χ4v) is 4.36. The summed E-state index contributed by atoms with van der Waals surface area (Å²) in [6.07, 6.45) is 0.340. The molecule has 2 rings (SSSR count). The smallest absolute Gasteiger partial charge is 0.408 e. The number of halogens is 1. The number of rotatable bonds is 12. The zero-order valence-electron chi connectivity index (χ0n) is 24.2. The molecule has 218 valence electrons. The maximum absolute atomic E-state index is 14.1. The number of carbonyl (C=O) groups is 4. The Morgan fingerprint density at radius 2 is 1.70 bits per heavy atom. The molecule has 0 aromatic heterocycles. The van der Waals surface area contributed by atoms with Crippen LogP contribution >= 0.6 is 11.6 Å². The highest BCUT2D eigenvalue weighted by Crippen LogP contribution is 2.30. The third-order valence-electron chi connectivity index (χ3n) is 6.13. The number of benzene rings is 2. The fourth-order valence-electron chi connectivity index (χ4n) is 4.09. The molecule has 2 aromatic rings. The molecule has 0 bridgehead atoms. The molecule has 0 aliphatic rings. The molecule has 0 fully saturated rings. The van der Waals surface area contributed by atoms with Crippen LogP contribution in [0.5, 0.6) is 0 Å². The number of ether oxygens (including phenoxy) is 1. The Kier molecular flexibility index (Phi) is 12.0. The van der Waals surface area contributed by atoms with E-state index in [-0.39, 0.29) is 19.4 Å². The summed E-state index contributed by atoms with van der Waals surface area (Å²) in [5.41, 5.74) is 7.36. The van der Waals surface area contributed by atoms with Gasteiger partial charge in [-0.3, -0.25) is 14.4 Å². The van der Waals surface area contributed by atoms with Crippen molar-refractivity contribution in [2.45, 2.75) is 84.9 Å². The van der Waals surface area contributed by atoms with Crippen LogP contribution in [0, 0.1) is 13.8 Å². The van der Waals surface area contributed by atoms with Crippen LogP contribution < -0.4 is 16.4 Å². The van der Waals surface area contributed by atoms with E-state index >= 15 is 0 Å². The van der Waals surface area contributed by atoms with Gasteiger partial charge in [0.2, 0.25) is 11.8 Å². The Hall–Kier alpha value is -3.59. The minimum absolute atomic E-state index is 0.0537. The number of carbonyl (C=O) groups excluding carboxylic acids is 4. The standard InChI is InChI=1S/C30H41ClN4O5/c1-7-8-18-35(28(38)23(16-17-24(32)36)33-29(39)40-30(4,5)6)26(21-14-12-19(2)13-15-21)27(37)34-25-20(3)10-9-11-22(25)31/h9-15,23,26H,7-8,16-18H2,1-6H3,(H2,32,36)(H,33,39)(H,34,37). The summed E-state index contributed by atoms with van der Waals surface area (Å²) >= 11 is 6.40. The lowest BCUT2D eigenvalue weighted by molar-refractivity contribution is -0.141. The van der Waals surface area contributed by atoms with Gasteiger partial charge in [0, 0.05) is 13.0 Å². The van der Waals surface area contributed by atoms with E-state index in [1.807, 2.05) is 39.0 Å². The first-order chi connectivity index (χ1) is 18.7. The van der Waals surface area contributed by atoms with Gasteiger partial charge in [-0.1, -0.05) is 66.9 Å². The number of anilines is 1. The van der Waals surface area contributed by atoms with Gasteiger partial charge in [-0.25, -0.2) is 4.79 Å². The van der Waals surface area contributed by atoms with E-state index in [0.717, 1.165) is 17.5 Å². The van der Waals surface area contributed by atoms with E-state index in [1.165, 1.54) is 4.90 Å². The quantitative estimate of drug-likeness (QED) is 0.312. The molecule has 0 spiro atoms. The van der Waals surface area contributed by atoms with E-state index in [1.54, 1.807) is 45.0 Å². The van der Waals surface area contributed by atoms with Crippen molar-refractivity contribution in [1.29, 1.82) is 0 Å². The number of hydrogen-bond donors (Lipinski definition) is 3. The first-order valence-corrected chi connectivity index (χ1v) is 13.8. The predicted molar refractivity (Wildman–Crippen MR) is 157 cm³/mol. The first-order valence-electron chi connectivity index (χ1n) is 13.4. The van der Waals surface area contributed by atoms with Crippen LogP contribution in [0.3, 0.4) is 0 Å². The maximum atomic E-state index is 14.1. The topological polar surface area (TPSA) is 131 Å². The molecule has 2 unspecified atom stereocenters. The van der Waals surface area contributed by atoms with Crippen LogP contribution in [-0.4, -0.2) is 46.9 Å². The SMILES string of the molecule is CCCCN(C(=O)C(CCC(N)=O)NC(=O)OC(C)(C)C)C(C(=O)Nc1c(C)cccc1Cl)c1ccc(C)cc1. The van der Waals surface area contributed by atoms with Crippen molar-refractivity contribution in [3.05, 3.63) is 64.2 Å². The number of nitrogens with two attached hydrogens (primary N) is 1. The summed E-state index contributed by atoms with van der Waals surface area (Å²) < 4.78 is 5.37. The number of alkyl carbamates (subject to hydrolysis) is 1. The van der Waals surface area contributed by atoms with Crippen molar-refractivity contribution < 1.29 is 23.9 Å². The van der Waals surface area contributed by atoms with Crippen molar-refractivity contribution in [3.8, 4) is 0 Å². The molecule has 4 amide bonds. The summed E-state index contributed by atoms with van der Waals surface area (Å²) in [6.45, 7) is 11.1. The lowest BCUT2D eigenvalue weighted by atomic mass is 9.99. The first kappa shape index (κ1) is 32.6. The van der Waals surface area contributed by atoms with Gasteiger partial charge in [0.05, 0.1) is 10.7 Å². The van der Waals surface area contributed by atoms with Gasteiger partial charge in [-0.15, -0.1) is 0 Å². The van der Waals surface area contributed by atoms with Crippen molar-refractivity contribution >= 4 is 41.1 Å². The van der Waals surface area contributed by atoms with Crippen LogP contribution in [-0.2, 0) is 19.1 Å². The van der Waals surface area contributed by atoms with Gasteiger partial charge in [-0.05, 0) is 64.7 Å². The number of hydrogen-bond acceptors (Lipinski definition) is 5. The summed E-state index contributed by atoms with van der Waals surface area (Å²) in [4.78, 5) is 53.8. The molecule has 0 saturated carbocycles. The molecule has 9 nitrogen and oxygen atoms in total. The van der Waals surface area contributed by atoms with Crippen LogP contribution in [0.15, 0.2) is 42.5 Å². The number of nitrogens with one attached hydrogen (secondary N) is 2. The number of aryl methyl sites for hydroxylation is 2. The molecule has 0 saturated heterocycles. The minimum atomic E-state index is -1.15. The number of nitrogens with zero attached hydrogens (tertiary/aromatic N) is 1. The average molecular weight is 573 g/mol. The Balaban J connectivity index is 2.56. The lowest BCUT2D eigenvalue weighted by Crippen LogP contribution is -2.52. The molecule has 40 heavy (non-hydrogen) atoms. The highest BCUT2D eigenvalue weighted by Gasteiger charge is 2.36. The summed E-state index contributed by atoms with van der Waals surface area (Å²) in [5.74, 6) is -1.61. The van der Waals surface area contributed by atoms with Crippen LogP contribution in [0.2, 0.25) is 5.02 Å². The molecule has 0 aliphatic carbocycles. The lowest BCUT2D eigenvalue weighted by Gasteiger charge is -2.34. The van der Waals surface area contributed by atoms with E-state index in [9.17, 15) is 19.2 Å². The molecular formula is C30H41ClN4O5. The zero-order valence-corrected chi connectivity index (χ0v) is 24.9. The zero-order chi connectivity index (χ0) is 30.0. The Morgan fingerprint density at radius 3 is 2.25 bits per heavy atom. The summed E-state index contributed by atoms with van der Waals surface area (Å²) in [5, 5.41) is 5.88. The summed E-state index contributed by atoms with van der Waals surface area (Å²) in [7, 11) is 0. The third-order valence-corrected chi connectivity index (χ3v) is 6.44. The van der Waals surface area contributed by atoms with Gasteiger partial charge < -0.3 is 26.0 Å². The highest BCUT2D eigenvalue weighted by atomic mass is 35.5. The van der Waals surface area contributed by atoms with Crippen molar-refractivity contribution in [2.24, 2.45) is 5.73 Å². The summed E-state index contributed by atoms with van der Waals surface area (Å²) in [6, 6.07) is 10.4. The third kappa shape index (κ3) is 9.86. The van der Waals surface area contributed by atoms with E-state index in [4.69, 9.17) is 22.1 Å². The van der Waals surface area contributed by atoms with Gasteiger partial charge in [0.1, 0.15) is 17.7 Å². The Morgan fingerprint density at radius 1 is 1.05 bits per heavy atom. The predicted octanol–water partition coefficient (Wildman–Crippen LogP) is 5.42. The normalized spacial score (nSPS) is 12.7. The Labute approximate surface area is 241 Å². The van der Waals surface area contributed by atoms with E-state index < -0.39 is 41.5 Å². The van der Waals surface area contributed by atoms with Gasteiger partial charge >= 0.3 is 6.09 Å². The monoisotopic (exact) mass is 572 g/mol. The van der Waals surface area contributed by atoms with Crippen LogP contribution in [0.1, 0.15) is 76.1 Å². The maximum Gasteiger partial charge on any atom is 0.408 e. The highest BCUT2D eigenvalue weighted by molar-refractivity contribution is 6.34. The molecular weight excluding hydrogens is 532 g/mol. The van der Waals surface area contributed by atoms with Crippen LogP contribution in [0.4, 0.5) is 10.5 Å². The van der Waals surface area contributed by atoms with Gasteiger partial charge in [0.25, 0.3) is 5.91 Å². The van der Waals surface area contributed by atoms with Crippen molar-refractivity contribution in [2.75, 3.05) is 11.9 Å². The number of para-hydroxylation sites is 1. The second kappa shape index (κ2) is 14.7. The number of unbranched alkanes of at least 4 members (excludes halogenated alkanes) is 1. The average Bonchev–Trinajstić information content (AvgIpc) is 2.85. The van der Waals surface area contributed by atoms with E-state index in [0.29, 0.717) is 22.7 Å². The molecule has 0 heterocycles. The van der Waals surface area contributed by atoms with Crippen molar-refractivity contribution in [3.63, 3.8) is 0 Å². The molecule has 0 aliphatic heterocycles. The molecule has 2 aromatic carbocycles. The Bertz CT molecular complexity index is 1170. The van der Waals surface area contributed by atoms with Crippen LogP contribution in [0.25, 0.3) is 0 Å². The second-order valence-corrected chi connectivity index (χ2v) is 11.2. The van der Waals surface area contributed by atoms with Gasteiger partial charge in [0.15, 0.2) is 0 Å². The second-order valence-electron chi connectivity index (χ2n) is 10.8. The van der Waals surface area contributed by atoms with Gasteiger partial charge in [-0.2, -0.15) is 0 Å². The molecule has 4 N–H and O–H groups in total. The number of amides is 4. The fraction of sp³-hybridized carbons (Fsp3) is 0.467.